The minimum absolute atomic E-state index is 0.0159. The lowest BCUT2D eigenvalue weighted by molar-refractivity contribution is -0.121. The van der Waals surface area contributed by atoms with E-state index >= 15 is 0 Å². The Hall–Kier alpha value is -1.03. The van der Waals surface area contributed by atoms with E-state index in [-0.39, 0.29) is 6.04 Å². The molecule has 80 valence electrons. The zero-order chi connectivity index (χ0) is 11.0. The molecule has 1 aromatic rings. The van der Waals surface area contributed by atoms with Crippen molar-refractivity contribution in [2.45, 2.75) is 30.3 Å². The molecule has 2 rings (SSSR count). The second-order valence-corrected chi connectivity index (χ2v) is 4.79. The molecule has 0 saturated heterocycles. The highest BCUT2D eigenvalue weighted by molar-refractivity contribution is 8.00. The number of anilines is 1. The van der Waals surface area contributed by atoms with Crippen LogP contribution < -0.4 is 4.90 Å². The highest BCUT2D eigenvalue weighted by atomic mass is 32.2. The first kappa shape index (κ1) is 10.5. The number of hydrogen-bond acceptors (Lipinski definition) is 2. The number of fused-ring (bicyclic) bond motifs is 1. The van der Waals surface area contributed by atoms with Crippen molar-refractivity contribution < 1.29 is 9.18 Å². The van der Waals surface area contributed by atoms with Gasteiger partial charge >= 0.3 is 0 Å². The molecular weight excluding hydrogens is 213 g/mol. The van der Waals surface area contributed by atoms with Crippen molar-refractivity contribution in [2.24, 2.45) is 0 Å². The van der Waals surface area contributed by atoms with Gasteiger partial charge in [-0.1, -0.05) is 23.9 Å². The van der Waals surface area contributed by atoms with Crippen molar-refractivity contribution in [3.05, 3.63) is 24.3 Å². The summed E-state index contributed by atoms with van der Waals surface area (Å²) in [6.07, 6.45) is 0. The maximum absolute atomic E-state index is 13.4. The Morgan fingerprint density at radius 2 is 2.07 bits per heavy atom. The predicted octanol–water partition coefficient (Wildman–Crippen LogP) is 2.83. The molecule has 0 aromatic heterocycles. The number of hydrogen-bond donors (Lipinski definition) is 0. The van der Waals surface area contributed by atoms with Crippen molar-refractivity contribution in [3.63, 3.8) is 0 Å². The first-order chi connectivity index (χ1) is 7.11. The van der Waals surface area contributed by atoms with Crippen molar-refractivity contribution in [3.8, 4) is 0 Å². The highest BCUT2D eigenvalue weighted by Crippen LogP contribution is 2.40. The van der Waals surface area contributed by atoms with E-state index in [1.54, 1.807) is 0 Å². The van der Waals surface area contributed by atoms with Gasteiger partial charge in [0.25, 0.3) is 5.91 Å². The first-order valence-electron chi connectivity index (χ1n) is 4.84. The van der Waals surface area contributed by atoms with Crippen LogP contribution in [0.25, 0.3) is 0 Å². The quantitative estimate of drug-likeness (QED) is 0.732. The molecule has 2 nitrogen and oxygen atoms in total. The van der Waals surface area contributed by atoms with Gasteiger partial charge in [0, 0.05) is 10.9 Å². The summed E-state index contributed by atoms with van der Waals surface area (Å²) in [6.45, 7) is 3.77. The van der Waals surface area contributed by atoms with Crippen LogP contribution in [0.2, 0.25) is 0 Å². The van der Waals surface area contributed by atoms with E-state index in [2.05, 4.69) is 0 Å². The Kier molecular flexibility index (Phi) is 2.69. The third-order valence-electron chi connectivity index (χ3n) is 2.30. The molecule has 1 aliphatic rings. The van der Waals surface area contributed by atoms with E-state index < -0.39 is 11.4 Å². The monoisotopic (exact) mass is 225 g/mol. The Bertz CT molecular complexity index is 394. The molecule has 1 heterocycles. The number of benzene rings is 1. The largest absolute Gasteiger partial charge is 0.305 e. The first-order valence-corrected chi connectivity index (χ1v) is 5.72. The van der Waals surface area contributed by atoms with E-state index in [1.807, 2.05) is 38.1 Å². The molecule has 1 aromatic carbocycles. The van der Waals surface area contributed by atoms with Gasteiger partial charge in [0.1, 0.15) is 0 Å². The molecule has 4 heteroatoms. The Morgan fingerprint density at radius 3 is 2.73 bits per heavy atom. The number of halogens is 1. The molecule has 0 fully saturated rings. The Balaban J connectivity index is 2.49. The van der Waals surface area contributed by atoms with Gasteiger partial charge in [0.2, 0.25) is 5.50 Å². The average molecular weight is 225 g/mol. The van der Waals surface area contributed by atoms with Gasteiger partial charge in [0.15, 0.2) is 0 Å². The molecule has 15 heavy (non-hydrogen) atoms. The van der Waals surface area contributed by atoms with Crippen molar-refractivity contribution in [2.75, 3.05) is 4.90 Å². The van der Waals surface area contributed by atoms with Gasteiger partial charge in [-0.25, -0.2) is 4.39 Å². The van der Waals surface area contributed by atoms with Crippen LogP contribution >= 0.6 is 11.8 Å². The van der Waals surface area contributed by atoms with Crippen molar-refractivity contribution in [1.29, 1.82) is 0 Å². The maximum atomic E-state index is 13.4. The summed E-state index contributed by atoms with van der Waals surface area (Å²) in [5.41, 5.74) is -0.654. The zero-order valence-corrected chi connectivity index (χ0v) is 9.42. The van der Waals surface area contributed by atoms with Crippen LogP contribution in [0.5, 0.6) is 0 Å². The van der Waals surface area contributed by atoms with Crippen molar-refractivity contribution >= 4 is 23.4 Å². The van der Waals surface area contributed by atoms with Crippen LogP contribution in [-0.2, 0) is 4.79 Å². The number of rotatable bonds is 1. The minimum atomic E-state index is -1.47. The summed E-state index contributed by atoms with van der Waals surface area (Å²) >= 11 is 0.983. The van der Waals surface area contributed by atoms with Gasteiger partial charge in [-0.15, -0.1) is 0 Å². The lowest BCUT2D eigenvalue weighted by atomic mass is 10.2. The van der Waals surface area contributed by atoms with Gasteiger partial charge < -0.3 is 4.90 Å². The zero-order valence-electron chi connectivity index (χ0n) is 8.61. The van der Waals surface area contributed by atoms with Crippen LogP contribution in [0, 0.1) is 0 Å². The Morgan fingerprint density at radius 1 is 1.40 bits per heavy atom. The molecule has 1 aliphatic heterocycles. The van der Waals surface area contributed by atoms with Gasteiger partial charge in [-0.3, -0.25) is 4.79 Å². The molecule has 0 aliphatic carbocycles. The lowest BCUT2D eigenvalue weighted by Crippen LogP contribution is -2.43. The van der Waals surface area contributed by atoms with Gasteiger partial charge in [-0.2, -0.15) is 0 Å². The SMILES string of the molecule is CC(C)N1C(=O)C(F)Sc2ccccc21. The van der Waals surface area contributed by atoms with Gasteiger partial charge in [0.05, 0.1) is 5.69 Å². The van der Waals surface area contributed by atoms with Crippen LogP contribution in [0.15, 0.2) is 29.2 Å². The minimum Gasteiger partial charge on any atom is -0.305 e. The summed E-state index contributed by atoms with van der Waals surface area (Å²) in [5, 5.41) is 0. The summed E-state index contributed by atoms with van der Waals surface area (Å²) in [7, 11) is 0. The van der Waals surface area contributed by atoms with E-state index in [0.717, 1.165) is 22.3 Å². The number of nitrogens with zero attached hydrogens (tertiary/aromatic N) is 1. The van der Waals surface area contributed by atoms with Crippen LogP contribution in [-0.4, -0.2) is 17.5 Å². The second-order valence-electron chi connectivity index (χ2n) is 3.70. The molecule has 0 radical (unpaired) electrons. The fraction of sp³-hybridized carbons (Fsp3) is 0.364. The third kappa shape index (κ3) is 1.74. The number of amides is 1. The van der Waals surface area contributed by atoms with Crippen LogP contribution in [0.3, 0.4) is 0 Å². The van der Waals surface area contributed by atoms with Crippen molar-refractivity contribution in [1.82, 2.24) is 0 Å². The Labute approximate surface area is 92.5 Å². The number of carbonyl (C=O) groups is 1. The third-order valence-corrected chi connectivity index (χ3v) is 3.31. The molecule has 0 bridgehead atoms. The van der Waals surface area contributed by atoms with Crippen LogP contribution in [0.4, 0.5) is 10.1 Å². The second kappa shape index (κ2) is 3.85. The van der Waals surface area contributed by atoms with E-state index in [1.165, 1.54) is 4.90 Å². The maximum Gasteiger partial charge on any atom is 0.272 e. The summed E-state index contributed by atoms with van der Waals surface area (Å²) in [6, 6.07) is 7.39. The van der Waals surface area contributed by atoms with Gasteiger partial charge in [-0.05, 0) is 26.0 Å². The highest BCUT2D eigenvalue weighted by Gasteiger charge is 2.34. The molecule has 1 amide bonds. The van der Waals surface area contributed by atoms with E-state index in [4.69, 9.17) is 0 Å². The fourth-order valence-corrected chi connectivity index (χ4v) is 2.56. The standard InChI is InChI=1S/C11H12FNOS/c1-7(2)13-8-5-3-4-6-9(8)15-10(12)11(13)14/h3-7,10H,1-2H3. The topological polar surface area (TPSA) is 20.3 Å². The van der Waals surface area contributed by atoms with E-state index in [9.17, 15) is 9.18 Å². The molecule has 0 N–H and O–H groups in total. The molecule has 0 saturated carbocycles. The summed E-state index contributed by atoms with van der Waals surface area (Å²) in [5.74, 6) is -0.450. The number of para-hydroxylation sites is 1. The lowest BCUT2D eigenvalue weighted by Gasteiger charge is -2.33. The summed E-state index contributed by atoms with van der Waals surface area (Å²) < 4.78 is 13.4. The molecule has 0 spiro atoms. The average Bonchev–Trinajstić information content (AvgIpc) is 2.19. The smallest absolute Gasteiger partial charge is 0.272 e. The number of alkyl halides is 1. The number of thioether (sulfide) groups is 1. The number of carbonyl (C=O) groups excluding carboxylic acids is 1. The summed E-state index contributed by atoms with van der Waals surface area (Å²) in [4.78, 5) is 14.0. The molecular formula is C11H12FNOS. The molecule has 1 unspecified atom stereocenters. The van der Waals surface area contributed by atoms with Crippen LogP contribution in [0.1, 0.15) is 13.8 Å². The predicted molar refractivity (Wildman–Crippen MR) is 59.8 cm³/mol. The molecule has 1 atom stereocenters. The van der Waals surface area contributed by atoms with E-state index in [0.29, 0.717) is 0 Å². The fourth-order valence-electron chi connectivity index (χ4n) is 1.68. The normalized spacial score (nSPS) is 20.7.